The summed E-state index contributed by atoms with van der Waals surface area (Å²) in [5.41, 5.74) is 4.95. The number of ether oxygens (including phenoxy) is 1. The molecule has 2 heterocycles. The molecule has 1 aromatic carbocycles. The molecule has 2 N–H and O–H groups in total. The Labute approximate surface area is 158 Å². The number of nitrogens with zero attached hydrogens (tertiary/aromatic N) is 2. The van der Waals surface area contributed by atoms with E-state index in [1.165, 1.54) is 22.5 Å². The molecule has 2 aromatic rings. The maximum Gasteiger partial charge on any atom is 0.135 e. The lowest BCUT2D eigenvalue weighted by Gasteiger charge is -2.19. The van der Waals surface area contributed by atoms with Crippen LogP contribution in [0.4, 0.5) is 0 Å². The van der Waals surface area contributed by atoms with Gasteiger partial charge in [0.25, 0.3) is 0 Å². The molecule has 6 heteroatoms. The van der Waals surface area contributed by atoms with Crippen LogP contribution in [0.5, 0.6) is 0 Å². The summed E-state index contributed by atoms with van der Waals surface area (Å²) in [5.74, 6) is 0.524. The van der Waals surface area contributed by atoms with Gasteiger partial charge in [0.05, 0.1) is 30.5 Å². The number of thiazole rings is 1. The molecule has 0 spiro atoms. The van der Waals surface area contributed by atoms with E-state index >= 15 is 0 Å². The van der Waals surface area contributed by atoms with Crippen LogP contribution in [0.1, 0.15) is 30.0 Å². The van der Waals surface area contributed by atoms with Gasteiger partial charge < -0.3 is 14.7 Å². The zero-order chi connectivity index (χ0) is 18.8. The SMILES string of the molecule is Cc1ccc(-c2csc(C3=C(O)CN(CCOC(C)C)C3=N)n2)cc1C. The fraction of sp³-hybridized carbons (Fsp3) is 0.400. The van der Waals surface area contributed by atoms with E-state index in [0.717, 1.165) is 11.3 Å². The number of amidine groups is 1. The Hall–Kier alpha value is -2.18. The van der Waals surface area contributed by atoms with Crippen molar-refractivity contribution in [1.82, 2.24) is 9.88 Å². The normalized spacial score (nSPS) is 14.8. The van der Waals surface area contributed by atoms with Crippen molar-refractivity contribution in [2.45, 2.75) is 33.8 Å². The summed E-state index contributed by atoms with van der Waals surface area (Å²) in [4.78, 5) is 6.50. The summed E-state index contributed by atoms with van der Waals surface area (Å²) in [6, 6.07) is 6.28. The minimum absolute atomic E-state index is 0.160. The second-order valence-corrected chi connectivity index (χ2v) is 7.71. The van der Waals surface area contributed by atoms with Crippen molar-refractivity contribution >= 4 is 22.7 Å². The summed E-state index contributed by atoms with van der Waals surface area (Å²) < 4.78 is 5.56. The van der Waals surface area contributed by atoms with Crippen LogP contribution in [0.25, 0.3) is 16.8 Å². The molecule has 0 fully saturated rings. The van der Waals surface area contributed by atoms with Crippen LogP contribution in [0.15, 0.2) is 29.3 Å². The molecule has 0 radical (unpaired) electrons. The third-order valence-electron chi connectivity index (χ3n) is 4.52. The highest BCUT2D eigenvalue weighted by atomic mass is 32.1. The van der Waals surface area contributed by atoms with Crippen molar-refractivity contribution in [3.05, 3.63) is 45.5 Å². The second kappa shape index (κ2) is 7.60. The van der Waals surface area contributed by atoms with Gasteiger partial charge >= 0.3 is 0 Å². The molecule has 0 saturated carbocycles. The van der Waals surface area contributed by atoms with Gasteiger partial charge in [-0.05, 0) is 44.9 Å². The van der Waals surface area contributed by atoms with Gasteiger partial charge in [0.15, 0.2) is 0 Å². The topological polar surface area (TPSA) is 69.4 Å². The monoisotopic (exact) mass is 371 g/mol. The van der Waals surface area contributed by atoms with E-state index in [0.29, 0.717) is 36.1 Å². The molecular weight excluding hydrogens is 346 g/mol. The molecule has 0 amide bonds. The lowest BCUT2D eigenvalue weighted by Crippen LogP contribution is -2.30. The molecule has 26 heavy (non-hydrogen) atoms. The maximum atomic E-state index is 10.4. The molecule has 0 bridgehead atoms. The van der Waals surface area contributed by atoms with Crippen molar-refractivity contribution in [3.8, 4) is 11.3 Å². The number of aliphatic hydroxyl groups is 1. The molecule has 5 nitrogen and oxygen atoms in total. The van der Waals surface area contributed by atoms with Crippen LogP contribution in [-0.4, -0.2) is 46.6 Å². The molecule has 138 valence electrons. The highest BCUT2D eigenvalue weighted by Gasteiger charge is 2.30. The van der Waals surface area contributed by atoms with Crippen LogP contribution in [0, 0.1) is 19.3 Å². The molecule has 1 aromatic heterocycles. The van der Waals surface area contributed by atoms with E-state index in [1.807, 2.05) is 24.1 Å². The minimum Gasteiger partial charge on any atom is -0.510 e. The van der Waals surface area contributed by atoms with Gasteiger partial charge in [-0.25, -0.2) is 4.98 Å². The van der Waals surface area contributed by atoms with E-state index < -0.39 is 0 Å². The largest absolute Gasteiger partial charge is 0.510 e. The first kappa shape index (κ1) is 18.6. The Bertz CT molecular complexity index is 854. The number of aryl methyl sites for hydroxylation is 2. The predicted octanol–water partition coefficient (Wildman–Crippen LogP) is 4.41. The van der Waals surface area contributed by atoms with Gasteiger partial charge in [-0.15, -0.1) is 11.3 Å². The first-order valence-corrected chi connectivity index (χ1v) is 9.66. The van der Waals surface area contributed by atoms with Crippen molar-refractivity contribution in [1.29, 1.82) is 5.41 Å². The average molecular weight is 372 g/mol. The fourth-order valence-electron chi connectivity index (χ4n) is 2.87. The van der Waals surface area contributed by atoms with Gasteiger partial charge in [-0.1, -0.05) is 12.1 Å². The zero-order valence-electron chi connectivity index (χ0n) is 15.7. The summed E-state index contributed by atoms with van der Waals surface area (Å²) in [6.45, 7) is 9.61. The predicted molar refractivity (Wildman–Crippen MR) is 107 cm³/mol. The standard InChI is InChI=1S/C20H25N3O2S/c1-12(2)25-8-7-23-10-17(24)18(19(23)21)20-22-16(11-26-20)15-6-5-13(3)14(4)9-15/h5-6,9,11-12,21,24H,7-8,10H2,1-4H3. The van der Waals surface area contributed by atoms with E-state index in [4.69, 9.17) is 10.1 Å². The zero-order valence-corrected chi connectivity index (χ0v) is 16.5. The van der Waals surface area contributed by atoms with Crippen molar-refractivity contribution in [2.24, 2.45) is 0 Å². The molecule has 0 aliphatic carbocycles. The van der Waals surface area contributed by atoms with E-state index in [-0.39, 0.29) is 11.9 Å². The molecule has 0 atom stereocenters. The summed E-state index contributed by atoms with van der Waals surface area (Å²) in [7, 11) is 0. The molecule has 0 saturated heterocycles. The van der Waals surface area contributed by atoms with Gasteiger partial charge in [-0.2, -0.15) is 0 Å². The van der Waals surface area contributed by atoms with Gasteiger partial charge in [-0.3, -0.25) is 5.41 Å². The Balaban J connectivity index is 1.77. The maximum absolute atomic E-state index is 10.4. The van der Waals surface area contributed by atoms with Gasteiger partial charge in [0, 0.05) is 17.5 Å². The van der Waals surface area contributed by atoms with Crippen LogP contribution < -0.4 is 0 Å². The molecule has 0 unspecified atom stereocenters. The van der Waals surface area contributed by atoms with Crippen LogP contribution in [0.3, 0.4) is 0 Å². The Morgan fingerprint density at radius 1 is 1.31 bits per heavy atom. The highest BCUT2D eigenvalue weighted by molar-refractivity contribution is 7.11. The van der Waals surface area contributed by atoms with Crippen molar-refractivity contribution in [2.75, 3.05) is 19.7 Å². The van der Waals surface area contributed by atoms with E-state index in [1.54, 1.807) is 0 Å². The van der Waals surface area contributed by atoms with Crippen molar-refractivity contribution in [3.63, 3.8) is 0 Å². The second-order valence-electron chi connectivity index (χ2n) is 6.85. The number of nitrogens with one attached hydrogen (secondary N) is 1. The third-order valence-corrected chi connectivity index (χ3v) is 5.38. The van der Waals surface area contributed by atoms with Gasteiger partial charge in [0.1, 0.15) is 16.6 Å². The van der Waals surface area contributed by atoms with Crippen LogP contribution >= 0.6 is 11.3 Å². The quantitative estimate of drug-likeness (QED) is 0.789. The van der Waals surface area contributed by atoms with E-state index in [9.17, 15) is 5.11 Å². The lowest BCUT2D eigenvalue weighted by atomic mass is 10.1. The highest BCUT2D eigenvalue weighted by Crippen LogP contribution is 2.32. The van der Waals surface area contributed by atoms with Gasteiger partial charge in [0.2, 0.25) is 0 Å². The van der Waals surface area contributed by atoms with Crippen LogP contribution in [0.2, 0.25) is 0 Å². The molecular formula is C20H25N3O2S. The fourth-order valence-corrected chi connectivity index (χ4v) is 3.77. The lowest BCUT2D eigenvalue weighted by molar-refractivity contribution is 0.0705. The number of benzene rings is 1. The van der Waals surface area contributed by atoms with E-state index in [2.05, 4.69) is 37.0 Å². The molecule has 1 aliphatic heterocycles. The summed E-state index contributed by atoms with van der Waals surface area (Å²) >= 11 is 1.46. The first-order chi connectivity index (χ1) is 12.4. The smallest absolute Gasteiger partial charge is 0.135 e. The number of aliphatic hydroxyl groups excluding tert-OH is 1. The summed E-state index contributed by atoms with van der Waals surface area (Å²) in [6.07, 6.45) is 0.160. The Morgan fingerprint density at radius 3 is 2.77 bits per heavy atom. The molecule has 3 rings (SSSR count). The number of aromatic nitrogens is 1. The Morgan fingerprint density at radius 2 is 2.08 bits per heavy atom. The van der Waals surface area contributed by atoms with Crippen molar-refractivity contribution < 1.29 is 9.84 Å². The number of hydrogen-bond donors (Lipinski definition) is 2. The number of hydrogen-bond acceptors (Lipinski definition) is 5. The third kappa shape index (κ3) is 3.81. The Kier molecular flexibility index (Phi) is 5.44. The summed E-state index contributed by atoms with van der Waals surface area (Å²) in [5, 5.41) is 21.5. The van der Waals surface area contributed by atoms with Crippen LogP contribution in [-0.2, 0) is 4.74 Å². The average Bonchev–Trinajstić information content (AvgIpc) is 3.15. The minimum atomic E-state index is 0.160. The molecule has 1 aliphatic rings. The number of rotatable bonds is 6. The first-order valence-electron chi connectivity index (χ1n) is 8.78.